The molecule has 0 aliphatic rings. The fraction of sp³-hybridized carbons (Fsp3) is 0.516. The van der Waals surface area contributed by atoms with Crippen LogP contribution in [0, 0.1) is 6.92 Å². The topological polar surface area (TPSA) is 46.5 Å². The van der Waals surface area contributed by atoms with E-state index in [2.05, 4.69) is 100 Å². The highest BCUT2D eigenvalue weighted by Gasteiger charge is 2.32. The van der Waals surface area contributed by atoms with Crippen molar-refractivity contribution in [3.63, 3.8) is 0 Å². The second kappa shape index (κ2) is 9.60. The number of aryl methyl sites for hydroxylation is 1. The van der Waals surface area contributed by atoms with Gasteiger partial charge in [0.2, 0.25) is 0 Å². The first kappa shape index (κ1) is 27.7. The molecule has 2 aromatic rings. The van der Waals surface area contributed by atoms with E-state index in [1.807, 2.05) is 6.92 Å². The molecule has 0 amide bonds. The average Bonchev–Trinajstić information content (AvgIpc) is 2.73. The van der Waals surface area contributed by atoms with Crippen LogP contribution in [0.1, 0.15) is 115 Å². The fourth-order valence-electron chi connectivity index (χ4n) is 4.09. The monoisotopic (exact) mass is 464 g/mol. The van der Waals surface area contributed by atoms with Crippen molar-refractivity contribution >= 4 is 5.97 Å². The Balaban J connectivity index is 2.96. The van der Waals surface area contributed by atoms with Crippen molar-refractivity contribution in [2.75, 3.05) is 0 Å². The van der Waals surface area contributed by atoms with E-state index in [1.54, 1.807) is 0 Å². The van der Waals surface area contributed by atoms with E-state index in [1.165, 1.54) is 11.6 Å². The van der Waals surface area contributed by atoms with Gasteiger partial charge in [0.25, 0.3) is 0 Å². The van der Waals surface area contributed by atoms with Crippen molar-refractivity contribution in [1.82, 2.24) is 0 Å². The van der Waals surface area contributed by atoms with Crippen LogP contribution in [0.3, 0.4) is 0 Å². The van der Waals surface area contributed by atoms with Gasteiger partial charge >= 0.3 is 5.97 Å². The summed E-state index contributed by atoms with van der Waals surface area (Å²) in [4.78, 5) is 12.5. The maximum atomic E-state index is 12.5. The summed E-state index contributed by atoms with van der Waals surface area (Å²) in [6.45, 7) is 27.2. The number of hydrogen-bond donors (Lipinski definition) is 1. The number of rotatable bonds is 6. The SMILES string of the molecule is C=CC(=O)Oc1c(C(C)c2cc(C(C)(C)C)cc(C)c2O)cc(C(C)(C)C)cc1C(C)(C)CC. The smallest absolute Gasteiger partial charge is 0.335 e. The molecule has 0 fully saturated rings. The van der Waals surface area contributed by atoms with Crippen molar-refractivity contribution in [1.29, 1.82) is 0 Å². The van der Waals surface area contributed by atoms with Crippen LogP contribution < -0.4 is 4.74 Å². The van der Waals surface area contributed by atoms with Gasteiger partial charge in [0.05, 0.1) is 0 Å². The van der Waals surface area contributed by atoms with Crippen molar-refractivity contribution in [3.05, 3.63) is 70.3 Å². The lowest BCUT2D eigenvalue weighted by molar-refractivity contribution is -0.129. The molecule has 1 unspecified atom stereocenters. The van der Waals surface area contributed by atoms with E-state index >= 15 is 0 Å². The van der Waals surface area contributed by atoms with Gasteiger partial charge in [-0.3, -0.25) is 0 Å². The van der Waals surface area contributed by atoms with Gasteiger partial charge in [-0.2, -0.15) is 0 Å². The first-order chi connectivity index (χ1) is 15.4. The van der Waals surface area contributed by atoms with Gasteiger partial charge in [-0.1, -0.05) is 100 Å². The van der Waals surface area contributed by atoms with Crippen LogP contribution >= 0.6 is 0 Å². The molecule has 0 aliphatic carbocycles. The number of benzene rings is 2. The molecule has 0 spiro atoms. The summed E-state index contributed by atoms with van der Waals surface area (Å²) in [5.41, 5.74) is 5.56. The van der Waals surface area contributed by atoms with Crippen LogP contribution in [0.2, 0.25) is 0 Å². The van der Waals surface area contributed by atoms with Crippen LogP contribution in [0.15, 0.2) is 36.9 Å². The first-order valence-electron chi connectivity index (χ1n) is 12.3. The molecule has 0 bridgehead atoms. The zero-order chi connectivity index (χ0) is 26.2. The molecule has 34 heavy (non-hydrogen) atoms. The van der Waals surface area contributed by atoms with E-state index in [4.69, 9.17) is 4.74 Å². The standard InChI is InChI=1S/C31H44O3/c1-13-26(32)34-28-24(17-22(30(8,9)10)18-25(28)31(11,12)14-2)20(4)23-16-21(29(5,6)7)15-19(3)27(23)33/h13,15-18,20,33H,1,14H2,2-12H3. The zero-order valence-corrected chi connectivity index (χ0v) is 23.1. The molecule has 1 atom stereocenters. The summed E-state index contributed by atoms with van der Waals surface area (Å²) in [6, 6.07) is 8.48. The molecule has 1 N–H and O–H groups in total. The summed E-state index contributed by atoms with van der Waals surface area (Å²) in [5, 5.41) is 11.1. The molecule has 186 valence electrons. The van der Waals surface area contributed by atoms with Gasteiger partial charge in [-0.05, 0) is 46.3 Å². The van der Waals surface area contributed by atoms with E-state index in [9.17, 15) is 9.90 Å². The maximum absolute atomic E-state index is 12.5. The van der Waals surface area contributed by atoms with Gasteiger partial charge in [-0.25, -0.2) is 4.79 Å². The van der Waals surface area contributed by atoms with Crippen LogP contribution in [-0.4, -0.2) is 11.1 Å². The summed E-state index contributed by atoms with van der Waals surface area (Å²) in [6.07, 6.45) is 2.09. The molecule has 0 aromatic heterocycles. The molecule has 2 aromatic carbocycles. The van der Waals surface area contributed by atoms with Crippen molar-refractivity contribution in [3.8, 4) is 11.5 Å². The van der Waals surface area contributed by atoms with Crippen LogP contribution in [0.25, 0.3) is 0 Å². The lowest BCUT2D eigenvalue weighted by Crippen LogP contribution is -2.23. The third-order valence-electron chi connectivity index (χ3n) is 7.10. The highest BCUT2D eigenvalue weighted by molar-refractivity contribution is 5.84. The minimum absolute atomic E-state index is 0.0618. The average molecular weight is 465 g/mol. The number of aromatic hydroxyl groups is 1. The second-order valence-corrected chi connectivity index (χ2v) is 12.3. The lowest BCUT2D eigenvalue weighted by Gasteiger charge is -2.32. The Kier molecular flexibility index (Phi) is 7.82. The molecule has 0 saturated heterocycles. The summed E-state index contributed by atoms with van der Waals surface area (Å²) in [7, 11) is 0. The van der Waals surface area contributed by atoms with Gasteiger partial charge in [0.1, 0.15) is 11.5 Å². The Morgan fingerprint density at radius 3 is 1.94 bits per heavy atom. The predicted octanol–water partition coefficient (Wildman–Crippen LogP) is 8.23. The predicted molar refractivity (Wildman–Crippen MR) is 143 cm³/mol. The summed E-state index contributed by atoms with van der Waals surface area (Å²) >= 11 is 0. The molecule has 2 rings (SSSR count). The minimum atomic E-state index is -0.478. The van der Waals surface area contributed by atoms with Crippen molar-refractivity contribution in [2.45, 2.75) is 105 Å². The zero-order valence-electron chi connectivity index (χ0n) is 23.1. The molecule has 0 aliphatic heterocycles. The minimum Gasteiger partial charge on any atom is -0.507 e. The second-order valence-electron chi connectivity index (χ2n) is 12.3. The fourth-order valence-corrected chi connectivity index (χ4v) is 4.09. The van der Waals surface area contributed by atoms with Crippen LogP contribution in [-0.2, 0) is 21.0 Å². The highest BCUT2D eigenvalue weighted by Crippen LogP contribution is 2.46. The Bertz CT molecular complexity index is 1080. The summed E-state index contributed by atoms with van der Waals surface area (Å²) in [5.74, 6) is 0.200. The number of carbonyl (C=O) groups excluding carboxylic acids is 1. The molecular weight excluding hydrogens is 420 g/mol. The number of esters is 1. The Morgan fingerprint density at radius 1 is 0.971 bits per heavy atom. The quantitative estimate of drug-likeness (QED) is 0.266. The Morgan fingerprint density at radius 2 is 1.47 bits per heavy atom. The van der Waals surface area contributed by atoms with Gasteiger partial charge in [0.15, 0.2) is 0 Å². The highest BCUT2D eigenvalue weighted by atomic mass is 16.5. The maximum Gasteiger partial charge on any atom is 0.335 e. The normalized spacial score (nSPS) is 13.5. The van der Waals surface area contributed by atoms with E-state index in [0.717, 1.165) is 34.2 Å². The van der Waals surface area contributed by atoms with Gasteiger partial charge < -0.3 is 9.84 Å². The van der Waals surface area contributed by atoms with E-state index in [0.29, 0.717) is 11.5 Å². The number of hydrogen-bond acceptors (Lipinski definition) is 3. The van der Waals surface area contributed by atoms with Gasteiger partial charge in [-0.15, -0.1) is 0 Å². The largest absolute Gasteiger partial charge is 0.507 e. The van der Waals surface area contributed by atoms with Gasteiger partial charge in [0, 0.05) is 28.7 Å². The molecular formula is C31H44O3. The number of phenols is 1. The van der Waals surface area contributed by atoms with E-state index in [-0.39, 0.29) is 22.2 Å². The number of ether oxygens (including phenoxy) is 1. The number of phenolic OH excluding ortho intramolecular Hbond substituents is 1. The molecule has 3 heteroatoms. The van der Waals surface area contributed by atoms with E-state index < -0.39 is 5.97 Å². The lowest BCUT2D eigenvalue weighted by atomic mass is 9.74. The number of carbonyl (C=O) groups is 1. The van der Waals surface area contributed by atoms with Crippen LogP contribution in [0.5, 0.6) is 11.5 Å². The summed E-state index contributed by atoms with van der Waals surface area (Å²) < 4.78 is 5.95. The van der Waals surface area contributed by atoms with Crippen molar-refractivity contribution < 1.29 is 14.6 Å². The molecule has 0 heterocycles. The third kappa shape index (κ3) is 5.74. The molecule has 0 radical (unpaired) electrons. The van der Waals surface area contributed by atoms with Crippen LogP contribution in [0.4, 0.5) is 0 Å². The third-order valence-corrected chi connectivity index (χ3v) is 7.10. The van der Waals surface area contributed by atoms with Crippen molar-refractivity contribution in [2.24, 2.45) is 0 Å². The Hall–Kier alpha value is -2.55. The first-order valence-corrected chi connectivity index (χ1v) is 12.3. The Labute approximate surface area is 207 Å². The molecule has 3 nitrogen and oxygen atoms in total. The molecule has 0 saturated carbocycles.